The summed E-state index contributed by atoms with van der Waals surface area (Å²) in [5.41, 5.74) is 2.94. The van der Waals surface area contributed by atoms with Gasteiger partial charge in [0.2, 0.25) is 11.5 Å². The van der Waals surface area contributed by atoms with Gasteiger partial charge in [-0.05, 0) is 39.2 Å². The molecule has 2 atom stereocenters. The average Bonchev–Trinajstić information content (AvgIpc) is 3.46. The number of amides is 2. The zero-order chi connectivity index (χ0) is 26.0. The van der Waals surface area contributed by atoms with Crippen LogP contribution in [0.25, 0.3) is 22.2 Å². The van der Waals surface area contributed by atoms with Crippen molar-refractivity contribution >= 4 is 28.8 Å². The Morgan fingerprint density at radius 2 is 2.08 bits per heavy atom. The molecule has 4 heterocycles. The highest BCUT2D eigenvalue weighted by molar-refractivity contribution is 6.10. The first-order valence-corrected chi connectivity index (χ1v) is 12.1. The number of pyridine rings is 1. The van der Waals surface area contributed by atoms with Crippen molar-refractivity contribution in [1.82, 2.24) is 19.8 Å². The fourth-order valence-electron chi connectivity index (χ4n) is 4.56. The summed E-state index contributed by atoms with van der Waals surface area (Å²) >= 11 is 0. The Balaban J connectivity index is 1.97. The second kappa shape index (κ2) is 10.7. The van der Waals surface area contributed by atoms with E-state index in [-0.39, 0.29) is 30.2 Å². The van der Waals surface area contributed by atoms with Crippen LogP contribution in [0.3, 0.4) is 0 Å². The zero-order valence-electron chi connectivity index (χ0n) is 21.6. The number of hydroxylamine groups is 2. The molecule has 1 aliphatic rings. The standard InChI is InChI=1S/C25H33N5O6/c1-7-18-11-17(9-10-35-18)30(25(32)34-8-2)21-20-12-19(16-13-26-28(4)14-16)15(3)27-23(20)36-22(21)24(31)29(5)33-6/h12-14,17-18H,7-11H2,1-6H3. The number of carbonyl (C=O) groups is 2. The molecular weight excluding hydrogens is 466 g/mol. The van der Waals surface area contributed by atoms with Gasteiger partial charge in [0.15, 0.2) is 0 Å². The molecule has 1 aliphatic heterocycles. The van der Waals surface area contributed by atoms with E-state index in [1.165, 1.54) is 14.2 Å². The Kier molecular flexibility index (Phi) is 7.60. The Hall–Kier alpha value is -3.44. The van der Waals surface area contributed by atoms with Crippen molar-refractivity contribution in [3.63, 3.8) is 0 Å². The summed E-state index contributed by atoms with van der Waals surface area (Å²) in [6.07, 6.45) is 5.06. The van der Waals surface area contributed by atoms with Crippen molar-refractivity contribution < 1.29 is 28.3 Å². The summed E-state index contributed by atoms with van der Waals surface area (Å²) in [6.45, 7) is 6.34. The lowest BCUT2D eigenvalue weighted by molar-refractivity contribution is -0.0772. The van der Waals surface area contributed by atoms with Crippen LogP contribution in [-0.4, -0.2) is 71.3 Å². The molecule has 11 heteroatoms. The summed E-state index contributed by atoms with van der Waals surface area (Å²) in [6, 6.07) is 1.63. The molecular formula is C25H33N5O6. The molecule has 0 spiro atoms. The van der Waals surface area contributed by atoms with Gasteiger partial charge in [-0.3, -0.25) is 19.2 Å². The number of ether oxygens (including phenoxy) is 2. The molecule has 2 amide bonds. The lowest BCUT2D eigenvalue weighted by atomic mass is 9.98. The fraction of sp³-hybridized carbons (Fsp3) is 0.520. The number of nitrogens with zero attached hydrogens (tertiary/aromatic N) is 5. The van der Waals surface area contributed by atoms with Crippen LogP contribution < -0.4 is 4.90 Å². The second-order valence-electron chi connectivity index (χ2n) is 8.79. The highest BCUT2D eigenvalue weighted by Crippen LogP contribution is 2.40. The normalized spacial score (nSPS) is 17.8. The first kappa shape index (κ1) is 25.6. The molecule has 36 heavy (non-hydrogen) atoms. The molecule has 0 radical (unpaired) electrons. The minimum absolute atomic E-state index is 0.00837. The smallest absolute Gasteiger partial charge is 0.414 e. The van der Waals surface area contributed by atoms with Crippen LogP contribution in [0.5, 0.6) is 0 Å². The van der Waals surface area contributed by atoms with Crippen LogP contribution in [0.1, 0.15) is 49.4 Å². The molecule has 0 saturated carbocycles. The van der Waals surface area contributed by atoms with E-state index in [0.717, 1.165) is 22.6 Å². The first-order chi connectivity index (χ1) is 17.3. The summed E-state index contributed by atoms with van der Waals surface area (Å²) in [7, 11) is 4.70. The Morgan fingerprint density at radius 3 is 2.72 bits per heavy atom. The number of hydrogen-bond donors (Lipinski definition) is 0. The number of hydrogen-bond acceptors (Lipinski definition) is 8. The fourth-order valence-corrected chi connectivity index (χ4v) is 4.56. The highest BCUT2D eigenvalue weighted by atomic mass is 16.7. The van der Waals surface area contributed by atoms with Crippen molar-refractivity contribution in [2.75, 3.05) is 32.3 Å². The van der Waals surface area contributed by atoms with Gasteiger partial charge in [-0.1, -0.05) is 6.92 Å². The summed E-state index contributed by atoms with van der Waals surface area (Å²) < 4.78 is 19.1. The summed E-state index contributed by atoms with van der Waals surface area (Å²) in [4.78, 5) is 38.2. The molecule has 194 valence electrons. The lowest BCUT2D eigenvalue weighted by Crippen LogP contribution is -2.46. The molecule has 0 N–H and O–H groups in total. The number of rotatable bonds is 7. The molecule has 4 rings (SSSR count). The van der Waals surface area contributed by atoms with Gasteiger partial charge >= 0.3 is 12.0 Å². The molecule has 3 aromatic heterocycles. The van der Waals surface area contributed by atoms with E-state index < -0.39 is 12.0 Å². The van der Waals surface area contributed by atoms with E-state index in [9.17, 15) is 9.59 Å². The monoisotopic (exact) mass is 499 g/mol. The topological polar surface area (TPSA) is 112 Å². The predicted octanol–water partition coefficient (Wildman–Crippen LogP) is 4.09. The van der Waals surface area contributed by atoms with Crippen LogP contribution in [0.15, 0.2) is 22.9 Å². The van der Waals surface area contributed by atoms with Gasteiger partial charge < -0.3 is 13.9 Å². The van der Waals surface area contributed by atoms with Crippen LogP contribution in [-0.2, 0) is 21.4 Å². The number of furan rings is 1. The van der Waals surface area contributed by atoms with E-state index >= 15 is 0 Å². The van der Waals surface area contributed by atoms with E-state index in [1.54, 1.807) is 22.7 Å². The molecule has 1 saturated heterocycles. The number of carbonyl (C=O) groups excluding carboxylic acids is 2. The van der Waals surface area contributed by atoms with Gasteiger partial charge in [0, 0.05) is 49.8 Å². The van der Waals surface area contributed by atoms with E-state index in [0.29, 0.717) is 36.2 Å². The van der Waals surface area contributed by atoms with E-state index in [2.05, 4.69) is 10.1 Å². The molecule has 0 aromatic carbocycles. The van der Waals surface area contributed by atoms with Crippen LogP contribution >= 0.6 is 0 Å². The molecule has 0 bridgehead atoms. The van der Waals surface area contributed by atoms with Gasteiger partial charge in [0.1, 0.15) is 5.69 Å². The van der Waals surface area contributed by atoms with Crippen molar-refractivity contribution in [3.05, 3.63) is 29.9 Å². The molecule has 2 unspecified atom stereocenters. The van der Waals surface area contributed by atoms with Crippen molar-refractivity contribution in [3.8, 4) is 11.1 Å². The zero-order valence-corrected chi connectivity index (χ0v) is 21.6. The predicted molar refractivity (Wildman–Crippen MR) is 133 cm³/mol. The first-order valence-electron chi connectivity index (χ1n) is 12.1. The maximum Gasteiger partial charge on any atom is 0.414 e. The van der Waals surface area contributed by atoms with Crippen molar-refractivity contribution in [1.29, 1.82) is 0 Å². The number of aryl methyl sites for hydroxylation is 2. The Morgan fingerprint density at radius 1 is 1.31 bits per heavy atom. The Bertz CT molecular complexity index is 1250. The number of anilines is 1. The lowest BCUT2D eigenvalue weighted by Gasteiger charge is -2.36. The molecule has 11 nitrogen and oxygen atoms in total. The largest absolute Gasteiger partial charge is 0.449 e. The molecule has 3 aromatic rings. The van der Waals surface area contributed by atoms with E-state index in [1.807, 2.05) is 33.2 Å². The minimum atomic E-state index is -0.556. The minimum Gasteiger partial charge on any atom is -0.449 e. The third kappa shape index (κ3) is 4.80. The van der Waals surface area contributed by atoms with Crippen molar-refractivity contribution in [2.45, 2.75) is 52.2 Å². The third-order valence-corrected chi connectivity index (χ3v) is 6.48. The third-order valence-electron chi connectivity index (χ3n) is 6.48. The number of fused-ring (bicyclic) bond motifs is 1. The van der Waals surface area contributed by atoms with Crippen LogP contribution in [0.2, 0.25) is 0 Å². The molecule has 0 aliphatic carbocycles. The van der Waals surface area contributed by atoms with Gasteiger partial charge in [-0.25, -0.2) is 14.8 Å². The molecule has 1 fully saturated rings. The number of aromatic nitrogens is 3. The van der Waals surface area contributed by atoms with Gasteiger partial charge in [-0.15, -0.1) is 0 Å². The second-order valence-corrected chi connectivity index (χ2v) is 8.79. The summed E-state index contributed by atoms with van der Waals surface area (Å²) in [5, 5.41) is 5.85. The maximum absolute atomic E-state index is 13.5. The van der Waals surface area contributed by atoms with Gasteiger partial charge in [0.25, 0.3) is 0 Å². The quantitative estimate of drug-likeness (QED) is 0.447. The van der Waals surface area contributed by atoms with E-state index in [4.69, 9.17) is 18.7 Å². The summed E-state index contributed by atoms with van der Waals surface area (Å²) in [5.74, 6) is -0.586. The van der Waals surface area contributed by atoms with Crippen molar-refractivity contribution in [2.24, 2.45) is 7.05 Å². The van der Waals surface area contributed by atoms with Crippen LogP contribution in [0.4, 0.5) is 10.5 Å². The maximum atomic E-state index is 13.5. The van der Waals surface area contributed by atoms with Gasteiger partial charge in [-0.2, -0.15) is 5.10 Å². The average molecular weight is 500 g/mol. The van der Waals surface area contributed by atoms with Crippen LogP contribution in [0, 0.1) is 6.92 Å². The van der Waals surface area contributed by atoms with Gasteiger partial charge in [0.05, 0.1) is 31.4 Å². The highest BCUT2D eigenvalue weighted by Gasteiger charge is 2.38. The SMILES string of the molecule is CCOC(=O)N(c1c(C(=O)N(C)OC)oc2nc(C)c(-c3cnn(C)c3)cc12)C1CCOC(CC)C1. The Labute approximate surface area is 209 Å².